The zero-order valence-electron chi connectivity index (χ0n) is 11.1. The van der Waals surface area contributed by atoms with Crippen LogP contribution in [0.4, 0.5) is 0 Å². The third-order valence-electron chi connectivity index (χ3n) is 3.09. The maximum absolute atomic E-state index is 12.5. The Morgan fingerprint density at radius 2 is 1.76 bits per heavy atom. The highest BCUT2D eigenvalue weighted by atomic mass is 79.9. The van der Waals surface area contributed by atoms with Crippen LogP contribution in [0.15, 0.2) is 57.9 Å². The number of hydrogen-bond acceptors (Lipinski definition) is 3. The van der Waals surface area contributed by atoms with E-state index in [1.165, 1.54) is 25.1 Å². The van der Waals surface area contributed by atoms with Gasteiger partial charge in [-0.2, -0.15) is 0 Å². The molecule has 0 saturated heterocycles. The lowest BCUT2D eigenvalue weighted by Crippen LogP contribution is -2.27. The zero-order chi connectivity index (χ0) is 15.6. The third kappa shape index (κ3) is 3.54. The molecule has 6 heteroatoms. The summed E-state index contributed by atoms with van der Waals surface area (Å²) in [4.78, 5) is 12.5. The topological polar surface area (TPSA) is 51.2 Å². The van der Waals surface area contributed by atoms with Crippen molar-refractivity contribution >= 4 is 43.2 Å². The van der Waals surface area contributed by atoms with Crippen molar-refractivity contribution in [3.63, 3.8) is 0 Å². The van der Waals surface area contributed by atoms with E-state index < -0.39 is 20.9 Å². The fourth-order valence-corrected chi connectivity index (χ4v) is 3.64. The fourth-order valence-electron chi connectivity index (χ4n) is 1.85. The van der Waals surface area contributed by atoms with Gasteiger partial charge in [0.15, 0.2) is 15.6 Å². The Hall–Kier alpha value is -1.17. The number of sulfone groups is 1. The summed E-state index contributed by atoms with van der Waals surface area (Å²) in [5, 5.41) is -0.772. The molecule has 0 N–H and O–H groups in total. The molecule has 2 aromatic carbocycles. The first-order valence-electron chi connectivity index (χ1n) is 6.11. The van der Waals surface area contributed by atoms with E-state index in [0.29, 0.717) is 5.02 Å². The van der Waals surface area contributed by atoms with Gasteiger partial charge in [0.2, 0.25) is 0 Å². The molecule has 0 aliphatic rings. The number of rotatable bonds is 4. The van der Waals surface area contributed by atoms with E-state index in [1.807, 2.05) is 0 Å². The van der Waals surface area contributed by atoms with E-state index in [1.54, 1.807) is 30.3 Å². The van der Waals surface area contributed by atoms with Crippen LogP contribution in [0.3, 0.4) is 0 Å². The number of carbonyl (C=O) groups is 1. The summed E-state index contributed by atoms with van der Waals surface area (Å²) in [7, 11) is -3.73. The molecule has 21 heavy (non-hydrogen) atoms. The molecule has 0 aliphatic carbocycles. The molecule has 1 unspecified atom stereocenters. The van der Waals surface area contributed by atoms with E-state index in [-0.39, 0.29) is 10.5 Å². The van der Waals surface area contributed by atoms with Crippen LogP contribution in [-0.2, 0) is 9.84 Å². The molecular weight excluding hydrogens is 376 g/mol. The highest BCUT2D eigenvalue weighted by Crippen LogP contribution is 2.22. The average Bonchev–Trinajstić information content (AvgIpc) is 2.46. The lowest BCUT2D eigenvalue weighted by molar-refractivity contribution is 0.0991. The molecule has 0 spiro atoms. The summed E-state index contributed by atoms with van der Waals surface area (Å²) < 4.78 is 25.7. The number of benzene rings is 2. The Labute approximate surface area is 137 Å². The first kappa shape index (κ1) is 16.2. The van der Waals surface area contributed by atoms with E-state index >= 15 is 0 Å². The Morgan fingerprint density at radius 3 is 2.33 bits per heavy atom. The van der Waals surface area contributed by atoms with E-state index in [2.05, 4.69) is 15.9 Å². The van der Waals surface area contributed by atoms with Crippen molar-refractivity contribution in [2.75, 3.05) is 0 Å². The quantitative estimate of drug-likeness (QED) is 0.741. The van der Waals surface area contributed by atoms with Crippen molar-refractivity contribution in [2.45, 2.75) is 17.1 Å². The van der Waals surface area contributed by atoms with Crippen LogP contribution in [-0.4, -0.2) is 19.5 Å². The molecule has 0 fully saturated rings. The minimum atomic E-state index is -3.73. The maximum Gasteiger partial charge on any atom is 0.188 e. The largest absolute Gasteiger partial charge is 0.293 e. The van der Waals surface area contributed by atoms with E-state index in [4.69, 9.17) is 11.6 Å². The van der Waals surface area contributed by atoms with Gasteiger partial charge in [-0.15, -0.1) is 0 Å². The standard InChI is InChI=1S/C15H12BrClO3S/c1-10(15(18)11-3-2-4-13(17)9-11)21(19,20)14-7-5-12(16)6-8-14/h2-10H,1H3. The molecule has 0 aliphatic heterocycles. The van der Waals surface area contributed by atoms with Crippen molar-refractivity contribution in [2.24, 2.45) is 0 Å². The zero-order valence-corrected chi connectivity index (χ0v) is 14.2. The molecule has 2 aromatic rings. The summed E-state index contributed by atoms with van der Waals surface area (Å²) >= 11 is 9.08. The van der Waals surface area contributed by atoms with Crippen LogP contribution in [0, 0.1) is 0 Å². The monoisotopic (exact) mass is 386 g/mol. The molecule has 0 aromatic heterocycles. The lowest BCUT2D eigenvalue weighted by Gasteiger charge is -2.12. The minimum absolute atomic E-state index is 0.119. The SMILES string of the molecule is CC(C(=O)c1cccc(Cl)c1)S(=O)(=O)c1ccc(Br)cc1. The Bertz CT molecular complexity index is 770. The summed E-state index contributed by atoms with van der Waals surface area (Å²) in [5.74, 6) is -0.472. The van der Waals surface area contributed by atoms with Crippen LogP contribution in [0.2, 0.25) is 5.02 Å². The molecule has 0 amide bonds. The third-order valence-corrected chi connectivity index (χ3v) is 5.92. The van der Waals surface area contributed by atoms with Crippen molar-refractivity contribution in [1.29, 1.82) is 0 Å². The van der Waals surface area contributed by atoms with Crippen molar-refractivity contribution in [1.82, 2.24) is 0 Å². The van der Waals surface area contributed by atoms with Crippen LogP contribution in [0.1, 0.15) is 17.3 Å². The van der Waals surface area contributed by atoms with Gasteiger partial charge in [0.25, 0.3) is 0 Å². The number of Topliss-reactive ketones (excluding diaryl/α,β-unsaturated/α-hetero) is 1. The van der Waals surface area contributed by atoms with E-state index in [0.717, 1.165) is 4.47 Å². The van der Waals surface area contributed by atoms with Crippen LogP contribution < -0.4 is 0 Å². The van der Waals surface area contributed by atoms with Crippen molar-refractivity contribution < 1.29 is 13.2 Å². The number of halogens is 2. The summed E-state index contributed by atoms with van der Waals surface area (Å²) in [5.41, 5.74) is 0.288. The second kappa shape index (κ2) is 6.30. The Balaban J connectivity index is 2.36. The minimum Gasteiger partial charge on any atom is -0.293 e. The highest BCUT2D eigenvalue weighted by molar-refractivity contribution is 9.10. The van der Waals surface area contributed by atoms with Gasteiger partial charge in [-0.1, -0.05) is 39.7 Å². The molecule has 0 saturated carbocycles. The van der Waals surface area contributed by atoms with Gasteiger partial charge in [0.1, 0.15) is 5.25 Å². The molecule has 3 nitrogen and oxygen atoms in total. The van der Waals surface area contributed by atoms with Crippen LogP contribution in [0.5, 0.6) is 0 Å². The van der Waals surface area contributed by atoms with Gasteiger partial charge in [-0.05, 0) is 43.3 Å². The molecule has 2 rings (SSSR count). The first-order valence-corrected chi connectivity index (χ1v) is 8.83. The van der Waals surface area contributed by atoms with Crippen LogP contribution in [0.25, 0.3) is 0 Å². The first-order chi connectivity index (χ1) is 9.82. The number of ketones is 1. The maximum atomic E-state index is 12.5. The highest BCUT2D eigenvalue weighted by Gasteiger charge is 2.30. The lowest BCUT2D eigenvalue weighted by atomic mass is 10.1. The Kier molecular flexibility index (Phi) is 4.86. The molecule has 0 heterocycles. The van der Waals surface area contributed by atoms with Gasteiger partial charge in [0.05, 0.1) is 4.90 Å². The smallest absolute Gasteiger partial charge is 0.188 e. The van der Waals surface area contributed by atoms with Crippen LogP contribution >= 0.6 is 27.5 Å². The molecule has 1 atom stereocenters. The number of hydrogen-bond donors (Lipinski definition) is 0. The predicted molar refractivity (Wildman–Crippen MR) is 86.6 cm³/mol. The van der Waals surface area contributed by atoms with E-state index in [9.17, 15) is 13.2 Å². The normalized spacial score (nSPS) is 12.9. The van der Waals surface area contributed by atoms with Gasteiger partial charge in [-0.25, -0.2) is 8.42 Å². The van der Waals surface area contributed by atoms with Gasteiger partial charge in [0, 0.05) is 15.1 Å². The molecule has 0 radical (unpaired) electrons. The predicted octanol–water partition coefficient (Wildman–Crippen LogP) is 4.15. The summed E-state index contributed by atoms with van der Waals surface area (Å²) in [6.07, 6.45) is 0. The van der Waals surface area contributed by atoms with Gasteiger partial charge in [-0.3, -0.25) is 4.79 Å². The number of carbonyl (C=O) groups excluding carboxylic acids is 1. The molecule has 110 valence electrons. The second-order valence-corrected chi connectivity index (χ2v) is 8.14. The Morgan fingerprint density at radius 1 is 1.14 bits per heavy atom. The van der Waals surface area contributed by atoms with Gasteiger partial charge >= 0.3 is 0 Å². The average molecular weight is 388 g/mol. The second-order valence-electron chi connectivity index (χ2n) is 4.52. The van der Waals surface area contributed by atoms with Gasteiger partial charge < -0.3 is 0 Å². The van der Waals surface area contributed by atoms with Crippen molar-refractivity contribution in [3.8, 4) is 0 Å². The van der Waals surface area contributed by atoms with Crippen molar-refractivity contribution in [3.05, 3.63) is 63.6 Å². The molecular formula is C15H12BrClO3S. The molecule has 0 bridgehead atoms. The fraction of sp³-hybridized carbons (Fsp3) is 0.133. The summed E-state index contributed by atoms with van der Waals surface area (Å²) in [6, 6.07) is 12.5. The summed E-state index contributed by atoms with van der Waals surface area (Å²) in [6.45, 7) is 1.39.